The Balaban J connectivity index is 2.42. The molecular formula is C14H21NO6S2. The van der Waals surface area contributed by atoms with Crippen molar-refractivity contribution in [2.75, 3.05) is 32.8 Å². The van der Waals surface area contributed by atoms with E-state index in [1.54, 1.807) is 6.92 Å². The number of methoxy groups -OCH3 is 2. The average molecular weight is 363 g/mol. The Bertz CT molecular complexity index is 803. The predicted octanol–water partition coefficient (Wildman–Crippen LogP) is 0.901. The number of sulfone groups is 1. The minimum Gasteiger partial charge on any atom is -0.493 e. The molecule has 0 aromatic heterocycles. The Morgan fingerprint density at radius 1 is 1.17 bits per heavy atom. The quantitative estimate of drug-likeness (QED) is 0.772. The summed E-state index contributed by atoms with van der Waals surface area (Å²) in [5.74, 6) is 0.535. The maximum Gasteiger partial charge on any atom is 0.243 e. The van der Waals surface area contributed by atoms with Crippen LogP contribution in [-0.2, 0) is 19.9 Å². The van der Waals surface area contributed by atoms with Gasteiger partial charge in [0.15, 0.2) is 21.3 Å². The van der Waals surface area contributed by atoms with Gasteiger partial charge in [-0.2, -0.15) is 4.31 Å². The lowest BCUT2D eigenvalue weighted by molar-refractivity contribution is 0.272. The summed E-state index contributed by atoms with van der Waals surface area (Å²) in [7, 11) is -2.78. The van der Waals surface area contributed by atoms with Crippen LogP contribution in [0.15, 0.2) is 23.1 Å². The molecule has 9 heteroatoms. The highest BCUT2D eigenvalue weighted by Gasteiger charge is 2.46. The van der Waals surface area contributed by atoms with Crippen LogP contribution in [0.1, 0.15) is 13.3 Å². The third kappa shape index (κ3) is 3.31. The van der Waals surface area contributed by atoms with Crippen molar-refractivity contribution in [1.29, 1.82) is 0 Å². The molecule has 0 saturated carbocycles. The van der Waals surface area contributed by atoms with E-state index < -0.39 is 25.4 Å². The predicted molar refractivity (Wildman–Crippen MR) is 86.2 cm³/mol. The van der Waals surface area contributed by atoms with E-state index in [1.165, 1.54) is 39.5 Å². The summed E-state index contributed by atoms with van der Waals surface area (Å²) >= 11 is 0. The van der Waals surface area contributed by atoms with Crippen molar-refractivity contribution in [3.8, 4) is 11.5 Å². The van der Waals surface area contributed by atoms with E-state index in [1.807, 2.05) is 0 Å². The molecule has 1 saturated heterocycles. The van der Waals surface area contributed by atoms with Crippen molar-refractivity contribution in [1.82, 2.24) is 4.31 Å². The van der Waals surface area contributed by atoms with Crippen LogP contribution in [0, 0.1) is 0 Å². The van der Waals surface area contributed by atoms with Gasteiger partial charge in [-0.1, -0.05) is 0 Å². The molecular weight excluding hydrogens is 342 g/mol. The van der Waals surface area contributed by atoms with Gasteiger partial charge in [-0.25, -0.2) is 16.8 Å². The normalized spacial score (nSPS) is 23.9. The first-order chi connectivity index (χ1) is 10.6. The number of hydrogen-bond acceptors (Lipinski definition) is 6. The van der Waals surface area contributed by atoms with Crippen LogP contribution in [0.25, 0.3) is 0 Å². The highest BCUT2D eigenvalue weighted by Crippen LogP contribution is 2.35. The summed E-state index contributed by atoms with van der Waals surface area (Å²) in [6, 6.07) is 4.30. The second-order valence-electron chi connectivity index (χ2n) is 5.83. The van der Waals surface area contributed by atoms with Gasteiger partial charge in [-0.15, -0.1) is 0 Å². The molecule has 0 spiro atoms. The van der Waals surface area contributed by atoms with Crippen LogP contribution in [0.5, 0.6) is 11.5 Å². The fraction of sp³-hybridized carbons (Fsp3) is 0.571. The van der Waals surface area contributed by atoms with Gasteiger partial charge in [-0.3, -0.25) is 0 Å². The van der Waals surface area contributed by atoms with Crippen LogP contribution >= 0.6 is 0 Å². The molecule has 1 aliphatic rings. The summed E-state index contributed by atoms with van der Waals surface area (Å²) < 4.78 is 60.5. The Morgan fingerprint density at radius 3 is 2.26 bits per heavy atom. The number of nitrogens with zero attached hydrogens (tertiary/aromatic N) is 1. The zero-order chi connectivity index (χ0) is 17.5. The first-order valence-electron chi connectivity index (χ1n) is 6.97. The first-order valence-corrected chi connectivity index (χ1v) is 10.2. The summed E-state index contributed by atoms with van der Waals surface area (Å²) in [4.78, 5) is 0.0307. The molecule has 23 heavy (non-hydrogen) atoms. The lowest BCUT2D eigenvalue weighted by atomic mass is 10.0. The van der Waals surface area contributed by atoms with Gasteiger partial charge >= 0.3 is 0 Å². The Kier molecular flexibility index (Phi) is 4.67. The molecule has 0 bridgehead atoms. The van der Waals surface area contributed by atoms with E-state index in [0.717, 1.165) is 4.31 Å². The molecule has 0 radical (unpaired) electrons. The molecule has 1 aromatic rings. The lowest BCUT2D eigenvalue weighted by Gasteiger charge is -2.33. The monoisotopic (exact) mass is 363 g/mol. The molecule has 0 N–H and O–H groups in total. The van der Waals surface area contributed by atoms with Gasteiger partial charge in [0.05, 0.1) is 30.6 Å². The van der Waals surface area contributed by atoms with E-state index in [-0.39, 0.29) is 22.8 Å². The van der Waals surface area contributed by atoms with Crippen molar-refractivity contribution in [2.45, 2.75) is 23.8 Å². The van der Waals surface area contributed by atoms with Crippen molar-refractivity contribution >= 4 is 19.9 Å². The third-order valence-electron chi connectivity index (χ3n) is 4.26. The van der Waals surface area contributed by atoms with E-state index in [9.17, 15) is 16.8 Å². The molecule has 0 aliphatic carbocycles. The van der Waals surface area contributed by atoms with E-state index in [4.69, 9.17) is 9.47 Å². The summed E-state index contributed by atoms with van der Waals surface area (Å²) in [5.41, 5.74) is -0.954. The molecule has 1 aromatic carbocycles. The van der Waals surface area contributed by atoms with Gasteiger partial charge in [0, 0.05) is 18.7 Å². The lowest BCUT2D eigenvalue weighted by Crippen LogP contribution is -2.48. The first kappa shape index (κ1) is 18.0. The van der Waals surface area contributed by atoms with Gasteiger partial charge in [-0.05, 0) is 25.5 Å². The second-order valence-corrected chi connectivity index (χ2v) is 9.98. The number of benzene rings is 1. The molecule has 1 fully saturated rings. The van der Waals surface area contributed by atoms with Crippen molar-refractivity contribution in [2.24, 2.45) is 0 Å². The van der Waals surface area contributed by atoms with Crippen LogP contribution in [-0.4, -0.2) is 59.5 Å². The minimum atomic E-state index is -3.86. The molecule has 0 unspecified atom stereocenters. The average Bonchev–Trinajstić information content (AvgIpc) is 2.80. The summed E-state index contributed by atoms with van der Waals surface area (Å²) in [6.07, 6.45) is 0.276. The van der Waals surface area contributed by atoms with Gasteiger partial charge in [0.25, 0.3) is 0 Å². The Hall–Kier alpha value is -1.32. The maximum absolute atomic E-state index is 12.8. The van der Waals surface area contributed by atoms with Gasteiger partial charge < -0.3 is 9.47 Å². The molecule has 7 nitrogen and oxygen atoms in total. The Morgan fingerprint density at radius 2 is 1.78 bits per heavy atom. The highest BCUT2D eigenvalue weighted by atomic mass is 32.2. The summed E-state index contributed by atoms with van der Waals surface area (Å²) in [5, 5.41) is 0. The highest BCUT2D eigenvalue weighted by molar-refractivity contribution is 7.92. The molecule has 0 amide bonds. The van der Waals surface area contributed by atoms with Crippen molar-refractivity contribution in [3.05, 3.63) is 18.2 Å². The largest absolute Gasteiger partial charge is 0.493 e. The van der Waals surface area contributed by atoms with Crippen molar-refractivity contribution in [3.63, 3.8) is 0 Å². The SMILES string of the molecule is COc1ccc(S(=O)(=O)N(C)[C@]2(C)CCS(=O)(=O)C2)cc1OC. The molecule has 2 rings (SSSR count). The topological polar surface area (TPSA) is 90.0 Å². The number of ether oxygens (including phenoxy) is 2. The van der Waals surface area contributed by atoms with Crippen LogP contribution in [0.2, 0.25) is 0 Å². The maximum atomic E-state index is 12.8. The zero-order valence-electron chi connectivity index (χ0n) is 13.6. The third-order valence-corrected chi connectivity index (χ3v) is 8.16. The summed E-state index contributed by atoms with van der Waals surface area (Å²) in [6.45, 7) is 1.65. The standard InChI is InChI=1S/C14H21NO6S2/c1-14(7-8-22(16,17)10-14)15(2)23(18,19)11-5-6-12(20-3)13(9-11)21-4/h5-6,9H,7-8,10H2,1-4H3/t14-/m1/s1. The number of hydrogen-bond donors (Lipinski definition) is 0. The van der Waals surface area contributed by atoms with E-state index >= 15 is 0 Å². The number of sulfonamides is 1. The zero-order valence-corrected chi connectivity index (χ0v) is 15.2. The van der Waals surface area contributed by atoms with Crippen LogP contribution < -0.4 is 9.47 Å². The van der Waals surface area contributed by atoms with E-state index in [2.05, 4.69) is 0 Å². The van der Waals surface area contributed by atoms with Gasteiger partial charge in [0.1, 0.15) is 0 Å². The fourth-order valence-corrected chi connectivity index (χ4v) is 6.48. The van der Waals surface area contributed by atoms with Crippen LogP contribution in [0.3, 0.4) is 0 Å². The van der Waals surface area contributed by atoms with Gasteiger partial charge in [0.2, 0.25) is 10.0 Å². The molecule has 1 heterocycles. The van der Waals surface area contributed by atoms with E-state index in [0.29, 0.717) is 11.5 Å². The molecule has 130 valence electrons. The second kappa shape index (κ2) is 5.95. The van der Waals surface area contributed by atoms with Crippen LogP contribution in [0.4, 0.5) is 0 Å². The smallest absolute Gasteiger partial charge is 0.243 e. The fourth-order valence-electron chi connectivity index (χ4n) is 2.67. The van der Waals surface area contributed by atoms with Crippen molar-refractivity contribution < 1.29 is 26.3 Å². The molecule has 1 aliphatic heterocycles. The number of rotatable bonds is 5. The minimum absolute atomic E-state index is 0.00467. The Labute approximate surface area is 137 Å². The molecule has 1 atom stereocenters.